The molecule has 0 aliphatic carbocycles. The third-order valence-corrected chi connectivity index (χ3v) is 3.21. The Morgan fingerprint density at radius 1 is 1.47 bits per heavy atom. The van der Waals surface area contributed by atoms with E-state index in [0.29, 0.717) is 26.1 Å². The second kappa shape index (κ2) is 5.34. The molecule has 1 aromatic carbocycles. The monoisotopic (exact) mass is 263 g/mol. The second-order valence-corrected chi connectivity index (χ2v) is 4.50. The van der Waals surface area contributed by atoms with Gasteiger partial charge in [-0.3, -0.25) is 4.79 Å². The van der Waals surface area contributed by atoms with Crippen LogP contribution in [-0.2, 0) is 9.53 Å². The molecule has 6 heteroatoms. The number of hydrogen-bond donors (Lipinski definition) is 2. The van der Waals surface area contributed by atoms with Gasteiger partial charge in [0.2, 0.25) is 5.91 Å². The summed E-state index contributed by atoms with van der Waals surface area (Å²) >= 11 is 0. The number of nitriles is 1. The number of amides is 1. The van der Waals surface area contributed by atoms with Crippen LogP contribution in [0.2, 0.25) is 0 Å². The Morgan fingerprint density at radius 2 is 2.16 bits per heavy atom. The van der Waals surface area contributed by atoms with E-state index in [-0.39, 0.29) is 11.3 Å². The van der Waals surface area contributed by atoms with Crippen LogP contribution in [0.15, 0.2) is 18.2 Å². The number of nitrogens with two attached hydrogens (primary N) is 1. The SMILES string of the molecule is N#Cc1c(F)cccc1NC(=O)C1(N)CCOCC1. The molecule has 2 rings (SSSR count). The van der Waals surface area contributed by atoms with E-state index in [1.807, 2.05) is 0 Å². The molecule has 0 saturated carbocycles. The van der Waals surface area contributed by atoms with Crippen molar-refractivity contribution in [2.45, 2.75) is 18.4 Å². The third kappa shape index (κ3) is 2.72. The van der Waals surface area contributed by atoms with Crippen LogP contribution in [0.25, 0.3) is 0 Å². The van der Waals surface area contributed by atoms with Gasteiger partial charge < -0.3 is 15.8 Å². The Hall–Kier alpha value is -1.97. The molecule has 0 radical (unpaired) electrons. The van der Waals surface area contributed by atoms with E-state index in [9.17, 15) is 9.18 Å². The van der Waals surface area contributed by atoms with E-state index in [1.54, 1.807) is 6.07 Å². The van der Waals surface area contributed by atoms with Crippen molar-refractivity contribution < 1.29 is 13.9 Å². The fourth-order valence-corrected chi connectivity index (χ4v) is 1.95. The number of benzene rings is 1. The van der Waals surface area contributed by atoms with Crippen LogP contribution in [0.1, 0.15) is 18.4 Å². The van der Waals surface area contributed by atoms with Crippen LogP contribution in [-0.4, -0.2) is 24.7 Å². The van der Waals surface area contributed by atoms with Gasteiger partial charge in [0, 0.05) is 13.2 Å². The summed E-state index contributed by atoms with van der Waals surface area (Å²) in [6.07, 6.45) is 0.798. The topological polar surface area (TPSA) is 88.1 Å². The van der Waals surface area contributed by atoms with Gasteiger partial charge in [0.05, 0.1) is 5.69 Å². The van der Waals surface area contributed by atoms with Crippen LogP contribution in [0.4, 0.5) is 10.1 Å². The Kier molecular flexibility index (Phi) is 3.79. The highest BCUT2D eigenvalue weighted by Gasteiger charge is 2.36. The highest BCUT2D eigenvalue weighted by molar-refractivity contribution is 5.99. The number of nitrogens with zero attached hydrogens (tertiary/aromatic N) is 1. The molecule has 0 spiro atoms. The molecule has 3 N–H and O–H groups in total. The van der Waals surface area contributed by atoms with E-state index < -0.39 is 17.3 Å². The average molecular weight is 263 g/mol. The first-order chi connectivity index (χ1) is 9.07. The van der Waals surface area contributed by atoms with Crippen LogP contribution >= 0.6 is 0 Å². The molecular weight excluding hydrogens is 249 g/mol. The van der Waals surface area contributed by atoms with Gasteiger partial charge in [-0.05, 0) is 25.0 Å². The van der Waals surface area contributed by atoms with Crippen LogP contribution in [0.3, 0.4) is 0 Å². The van der Waals surface area contributed by atoms with Crippen molar-refractivity contribution in [3.63, 3.8) is 0 Å². The van der Waals surface area contributed by atoms with Crippen LogP contribution < -0.4 is 11.1 Å². The summed E-state index contributed by atoms with van der Waals surface area (Å²) in [5.41, 5.74) is 4.93. The summed E-state index contributed by atoms with van der Waals surface area (Å²) in [4.78, 5) is 12.1. The van der Waals surface area contributed by atoms with E-state index in [4.69, 9.17) is 15.7 Å². The standard InChI is InChI=1S/C13H14FN3O2/c14-10-2-1-3-11(9(10)8-15)17-12(18)13(16)4-6-19-7-5-13/h1-3H,4-7,16H2,(H,17,18). The summed E-state index contributed by atoms with van der Waals surface area (Å²) in [7, 11) is 0. The number of hydrogen-bond acceptors (Lipinski definition) is 4. The smallest absolute Gasteiger partial charge is 0.244 e. The quantitative estimate of drug-likeness (QED) is 0.837. The fraction of sp³-hybridized carbons (Fsp3) is 0.385. The maximum Gasteiger partial charge on any atom is 0.244 e. The highest BCUT2D eigenvalue weighted by atomic mass is 19.1. The van der Waals surface area contributed by atoms with Crippen molar-refractivity contribution in [2.75, 3.05) is 18.5 Å². The number of rotatable bonds is 2. The molecule has 19 heavy (non-hydrogen) atoms. The number of carbonyl (C=O) groups excluding carboxylic acids is 1. The first-order valence-electron chi connectivity index (χ1n) is 5.93. The Bertz CT molecular complexity index is 533. The Labute approximate surface area is 110 Å². The lowest BCUT2D eigenvalue weighted by atomic mass is 9.90. The van der Waals surface area contributed by atoms with Crippen molar-refractivity contribution >= 4 is 11.6 Å². The minimum absolute atomic E-state index is 0.142. The van der Waals surface area contributed by atoms with Crippen LogP contribution in [0, 0.1) is 17.1 Å². The molecule has 1 aromatic rings. The van der Waals surface area contributed by atoms with Crippen molar-refractivity contribution in [2.24, 2.45) is 5.73 Å². The van der Waals surface area contributed by atoms with Crippen LogP contribution in [0.5, 0.6) is 0 Å². The molecular formula is C13H14FN3O2. The molecule has 1 fully saturated rings. The maximum absolute atomic E-state index is 13.4. The Morgan fingerprint density at radius 3 is 2.79 bits per heavy atom. The minimum Gasteiger partial charge on any atom is -0.381 e. The molecule has 100 valence electrons. The van der Waals surface area contributed by atoms with Gasteiger partial charge in [0.1, 0.15) is 23.0 Å². The first-order valence-corrected chi connectivity index (χ1v) is 5.93. The maximum atomic E-state index is 13.4. The summed E-state index contributed by atoms with van der Waals surface area (Å²) in [6.45, 7) is 0.830. The van der Waals surface area contributed by atoms with Gasteiger partial charge in [-0.1, -0.05) is 6.07 Å². The lowest BCUT2D eigenvalue weighted by molar-refractivity contribution is -0.124. The first kappa shape index (κ1) is 13.5. The molecule has 0 aromatic heterocycles. The molecule has 0 unspecified atom stereocenters. The zero-order valence-electron chi connectivity index (χ0n) is 10.3. The normalized spacial score (nSPS) is 17.5. The molecule has 0 bridgehead atoms. The molecule has 0 atom stereocenters. The minimum atomic E-state index is -1.03. The number of carbonyl (C=O) groups is 1. The van der Waals surface area contributed by atoms with Gasteiger partial charge in [-0.2, -0.15) is 5.26 Å². The summed E-state index contributed by atoms with van der Waals surface area (Å²) in [6, 6.07) is 5.80. The predicted molar refractivity (Wildman–Crippen MR) is 66.7 cm³/mol. The molecule has 1 saturated heterocycles. The van der Waals surface area contributed by atoms with Gasteiger partial charge in [0.15, 0.2) is 0 Å². The average Bonchev–Trinajstić information content (AvgIpc) is 2.40. The summed E-state index contributed by atoms with van der Waals surface area (Å²) < 4.78 is 18.6. The van der Waals surface area contributed by atoms with E-state index >= 15 is 0 Å². The van der Waals surface area contributed by atoms with Gasteiger partial charge in [-0.25, -0.2) is 4.39 Å². The number of halogens is 1. The molecule has 1 aliphatic rings. The number of nitrogens with one attached hydrogen (secondary N) is 1. The third-order valence-electron chi connectivity index (χ3n) is 3.21. The lowest BCUT2D eigenvalue weighted by Crippen LogP contribution is -2.54. The Balaban J connectivity index is 2.20. The van der Waals surface area contributed by atoms with Crippen molar-refractivity contribution in [3.8, 4) is 6.07 Å². The van der Waals surface area contributed by atoms with E-state index in [2.05, 4.69) is 5.32 Å². The number of anilines is 1. The summed E-state index contributed by atoms with van der Waals surface area (Å²) in [5.74, 6) is -1.09. The molecule has 1 amide bonds. The van der Waals surface area contributed by atoms with Crippen molar-refractivity contribution in [1.29, 1.82) is 5.26 Å². The predicted octanol–water partition coefficient (Wildman–Crippen LogP) is 1.14. The molecule has 5 nitrogen and oxygen atoms in total. The van der Waals surface area contributed by atoms with Gasteiger partial charge >= 0.3 is 0 Å². The largest absolute Gasteiger partial charge is 0.381 e. The number of ether oxygens (including phenoxy) is 1. The molecule has 1 aliphatic heterocycles. The fourth-order valence-electron chi connectivity index (χ4n) is 1.95. The second-order valence-electron chi connectivity index (χ2n) is 4.50. The highest BCUT2D eigenvalue weighted by Crippen LogP contribution is 2.23. The summed E-state index contributed by atoms with van der Waals surface area (Å²) in [5, 5.41) is 11.4. The van der Waals surface area contributed by atoms with Crippen molar-refractivity contribution in [3.05, 3.63) is 29.6 Å². The van der Waals surface area contributed by atoms with Crippen molar-refractivity contribution in [1.82, 2.24) is 0 Å². The lowest BCUT2D eigenvalue weighted by Gasteiger charge is -2.31. The van der Waals surface area contributed by atoms with E-state index in [1.165, 1.54) is 18.2 Å². The van der Waals surface area contributed by atoms with E-state index in [0.717, 1.165) is 0 Å². The zero-order valence-corrected chi connectivity index (χ0v) is 10.3. The zero-order chi connectivity index (χ0) is 13.9. The van der Waals surface area contributed by atoms with Gasteiger partial charge in [-0.15, -0.1) is 0 Å². The molecule has 1 heterocycles. The van der Waals surface area contributed by atoms with Gasteiger partial charge in [0.25, 0.3) is 0 Å².